The number of carbonyl (C=O) groups is 2. The zero-order valence-electron chi connectivity index (χ0n) is 10.9. The van der Waals surface area contributed by atoms with Gasteiger partial charge in [-0.1, -0.05) is 0 Å². The summed E-state index contributed by atoms with van der Waals surface area (Å²) in [7, 11) is 0. The van der Waals surface area contributed by atoms with E-state index < -0.39 is 11.9 Å². The number of benzene rings is 1. The minimum atomic E-state index is -0.794. The number of nitrogens with one attached hydrogen (secondary N) is 1. The summed E-state index contributed by atoms with van der Waals surface area (Å²) in [6.07, 6.45) is 2.87. The van der Waals surface area contributed by atoms with E-state index in [4.69, 9.17) is 10.8 Å². The van der Waals surface area contributed by atoms with E-state index in [1.54, 1.807) is 12.1 Å². The Kier molecular flexibility index (Phi) is 3.46. The molecule has 2 rings (SSSR count). The summed E-state index contributed by atoms with van der Waals surface area (Å²) in [5.41, 5.74) is 7.04. The first-order chi connectivity index (χ1) is 8.92. The van der Waals surface area contributed by atoms with Crippen LogP contribution in [0.5, 0.6) is 0 Å². The second kappa shape index (κ2) is 4.91. The van der Waals surface area contributed by atoms with Crippen molar-refractivity contribution in [1.82, 2.24) is 0 Å². The molecule has 0 atom stereocenters. The number of anilines is 1. The van der Waals surface area contributed by atoms with Crippen LogP contribution >= 0.6 is 0 Å². The van der Waals surface area contributed by atoms with Gasteiger partial charge in [0.1, 0.15) is 0 Å². The molecule has 0 spiro atoms. The predicted octanol–water partition coefficient (Wildman–Crippen LogP) is 1.90. The standard InChI is InChI=1S/C14H18N2O3/c1-9-7-10(3-4-11(9)13(15)19)16-14(5-2-6-14)8-12(17)18/h3-4,7,16H,2,5-6,8H2,1H3,(H2,15,19)(H,17,18). The van der Waals surface area contributed by atoms with Crippen LogP contribution in [0.2, 0.25) is 0 Å². The van der Waals surface area contributed by atoms with Gasteiger partial charge in [-0.25, -0.2) is 0 Å². The molecule has 4 N–H and O–H groups in total. The van der Waals surface area contributed by atoms with Crippen LogP contribution in [0, 0.1) is 6.92 Å². The molecule has 19 heavy (non-hydrogen) atoms. The third-order valence-electron chi connectivity index (χ3n) is 3.70. The predicted molar refractivity (Wildman–Crippen MR) is 72.2 cm³/mol. The van der Waals surface area contributed by atoms with Crippen LogP contribution in [0.4, 0.5) is 5.69 Å². The molecule has 5 heteroatoms. The number of aliphatic carboxylic acids is 1. The SMILES string of the molecule is Cc1cc(NC2(CC(=O)O)CCC2)ccc1C(N)=O. The summed E-state index contributed by atoms with van der Waals surface area (Å²) in [5.74, 6) is -1.24. The van der Waals surface area contributed by atoms with Gasteiger partial charge in [0.2, 0.25) is 5.91 Å². The molecule has 102 valence electrons. The molecule has 0 radical (unpaired) electrons. The maximum Gasteiger partial charge on any atom is 0.305 e. The van der Waals surface area contributed by atoms with Crippen LogP contribution in [-0.2, 0) is 4.79 Å². The van der Waals surface area contributed by atoms with Crippen LogP contribution in [0.25, 0.3) is 0 Å². The van der Waals surface area contributed by atoms with Crippen molar-refractivity contribution in [3.05, 3.63) is 29.3 Å². The number of hydrogen-bond acceptors (Lipinski definition) is 3. The fraction of sp³-hybridized carbons (Fsp3) is 0.429. The Labute approximate surface area is 111 Å². The molecule has 0 heterocycles. The Morgan fingerprint density at radius 1 is 1.42 bits per heavy atom. The number of carbonyl (C=O) groups excluding carboxylic acids is 1. The van der Waals surface area contributed by atoms with Gasteiger partial charge in [0.25, 0.3) is 0 Å². The minimum Gasteiger partial charge on any atom is -0.481 e. The first-order valence-electron chi connectivity index (χ1n) is 6.32. The highest BCUT2D eigenvalue weighted by molar-refractivity contribution is 5.94. The van der Waals surface area contributed by atoms with Gasteiger partial charge >= 0.3 is 5.97 Å². The van der Waals surface area contributed by atoms with Crippen LogP contribution < -0.4 is 11.1 Å². The first-order valence-corrected chi connectivity index (χ1v) is 6.32. The molecule has 5 nitrogen and oxygen atoms in total. The molecule has 0 bridgehead atoms. The van der Waals surface area contributed by atoms with Gasteiger partial charge < -0.3 is 16.2 Å². The Hall–Kier alpha value is -2.04. The molecule has 1 aromatic rings. The highest BCUT2D eigenvalue weighted by atomic mass is 16.4. The maximum absolute atomic E-state index is 11.2. The number of hydrogen-bond donors (Lipinski definition) is 3. The first kappa shape index (κ1) is 13.4. The molecule has 1 aliphatic rings. The monoisotopic (exact) mass is 262 g/mol. The molecule has 1 aromatic carbocycles. The third kappa shape index (κ3) is 2.86. The van der Waals surface area contributed by atoms with Crippen molar-refractivity contribution >= 4 is 17.6 Å². The molecule has 0 aliphatic heterocycles. The van der Waals surface area contributed by atoms with E-state index in [1.807, 2.05) is 13.0 Å². The van der Waals surface area contributed by atoms with Crippen molar-refractivity contribution in [3.63, 3.8) is 0 Å². The van der Waals surface area contributed by atoms with Crippen molar-refractivity contribution < 1.29 is 14.7 Å². The van der Waals surface area contributed by atoms with E-state index in [0.717, 1.165) is 30.5 Å². The highest BCUT2D eigenvalue weighted by Crippen LogP contribution is 2.38. The van der Waals surface area contributed by atoms with Gasteiger partial charge in [-0.05, 0) is 49.9 Å². The number of primary amides is 1. The van der Waals surface area contributed by atoms with Gasteiger partial charge in [0, 0.05) is 16.8 Å². The zero-order chi connectivity index (χ0) is 14.0. The summed E-state index contributed by atoms with van der Waals surface area (Å²) < 4.78 is 0. The molecular formula is C14H18N2O3. The van der Waals surface area contributed by atoms with Gasteiger partial charge in [-0.2, -0.15) is 0 Å². The average molecular weight is 262 g/mol. The van der Waals surface area contributed by atoms with Crippen molar-refractivity contribution in [2.75, 3.05) is 5.32 Å². The molecule has 0 aromatic heterocycles. The molecule has 1 fully saturated rings. The van der Waals surface area contributed by atoms with Gasteiger partial charge in [-0.3, -0.25) is 9.59 Å². The minimum absolute atomic E-state index is 0.115. The Balaban J connectivity index is 2.17. The largest absolute Gasteiger partial charge is 0.481 e. The Bertz CT molecular complexity index is 521. The fourth-order valence-electron chi connectivity index (χ4n) is 2.56. The van der Waals surface area contributed by atoms with E-state index in [0.29, 0.717) is 5.56 Å². The summed E-state index contributed by atoms with van der Waals surface area (Å²) in [6, 6.07) is 5.28. The lowest BCUT2D eigenvalue weighted by atomic mass is 9.74. The average Bonchev–Trinajstić information content (AvgIpc) is 2.25. The number of rotatable bonds is 5. The molecule has 0 saturated heterocycles. The van der Waals surface area contributed by atoms with Gasteiger partial charge in [0.05, 0.1) is 6.42 Å². The van der Waals surface area contributed by atoms with Crippen LogP contribution in [-0.4, -0.2) is 22.5 Å². The lowest BCUT2D eigenvalue weighted by Gasteiger charge is -2.42. The second-order valence-electron chi connectivity index (χ2n) is 5.22. The van der Waals surface area contributed by atoms with E-state index in [1.165, 1.54) is 0 Å². The maximum atomic E-state index is 11.2. The lowest BCUT2D eigenvalue weighted by Crippen LogP contribution is -2.46. The number of carboxylic acids is 1. The number of amides is 1. The molecule has 1 aliphatic carbocycles. The Morgan fingerprint density at radius 2 is 2.11 bits per heavy atom. The molecule has 0 unspecified atom stereocenters. The number of carboxylic acid groups (broad SMARTS) is 1. The van der Waals surface area contributed by atoms with Crippen molar-refractivity contribution in [1.29, 1.82) is 0 Å². The summed E-state index contributed by atoms with van der Waals surface area (Å²) >= 11 is 0. The molecular weight excluding hydrogens is 244 g/mol. The number of aryl methyl sites for hydroxylation is 1. The van der Waals surface area contributed by atoms with Crippen LogP contribution in [0.15, 0.2) is 18.2 Å². The van der Waals surface area contributed by atoms with E-state index >= 15 is 0 Å². The summed E-state index contributed by atoms with van der Waals surface area (Å²) in [5, 5.41) is 12.3. The van der Waals surface area contributed by atoms with Crippen molar-refractivity contribution in [3.8, 4) is 0 Å². The van der Waals surface area contributed by atoms with E-state index in [-0.39, 0.29) is 12.0 Å². The fourth-order valence-corrected chi connectivity index (χ4v) is 2.56. The van der Waals surface area contributed by atoms with Crippen LogP contribution in [0.1, 0.15) is 41.6 Å². The van der Waals surface area contributed by atoms with Gasteiger partial charge in [0.15, 0.2) is 0 Å². The molecule has 1 saturated carbocycles. The zero-order valence-corrected chi connectivity index (χ0v) is 10.9. The smallest absolute Gasteiger partial charge is 0.305 e. The number of nitrogens with two attached hydrogens (primary N) is 1. The topological polar surface area (TPSA) is 92.4 Å². The van der Waals surface area contributed by atoms with Gasteiger partial charge in [-0.15, -0.1) is 0 Å². The van der Waals surface area contributed by atoms with Crippen molar-refractivity contribution in [2.24, 2.45) is 5.73 Å². The summed E-state index contributed by atoms with van der Waals surface area (Å²) in [6.45, 7) is 1.82. The van der Waals surface area contributed by atoms with E-state index in [2.05, 4.69) is 5.32 Å². The highest BCUT2D eigenvalue weighted by Gasteiger charge is 2.38. The quantitative estimate of drug-likeness (QED) is 0.755. The molecule has 1 amide bonds. The normalized spacial score (nSPS) is 16.5. The lowest BCUT2D eigenvalue weighted by molar-refractivity contribution is -0.138. The Morgan fingerprint density at radius 3 is 2.53 bits per heavy atom. The van der Waals surface area contributed by atoms with E-state index in [9.17, 15) is 9.59 Å². The van der Waals surface area contributed by atoms with Crippen molar-refractivity contribution in [2.45, 2.75) is 38.1 Å². The van der Waals surface area contributed by atoms with Crippen LogP contribution in [0.3, 0.4) is 0 Å². The summed E-state index contributed by atoms with van der Waals surface area (Å²) in [4.78, 5) is 22.1. The third-order valence-corrected chi connectivity index (χ3v) is 3.70. The second-order valence-corrected chi connectivity index (χ2v) is 5.22.